The lowest BCUT2D eigenvalue weighted by atomic mass is 9.93. The largest absolute Gasteiger partial charge is 0.382 e. The number of pyridine rings is 1. The molecule has 0 aromatic carbocycles. The fourth-order valence-electron chi connectivity index (χ4n) is 2.87. The molecule has 2 aromatic rings. The molecule has 0 spiro atoms. The molecule has 0 unspecified atom stereocenters. The van der Waals surface area contributed by atoms with Gasteiger partial charge in [-0.1, -0.05) is 31.2 Å². The van der Waals surface area contributed by atoms with Crippen LogP contribution in [0.15, 0.2) is 12.3 Å². The van der Waals surface area contributed by atoms with Gasteiger partial charge in [-0.15, -0.1) is 0 Å². The summed E-state index contributed by atoms with van der Waals surface area (Å²) in [4.78, 5) is 4.45. The molecular weight excluding hydrogens is 352 g/mol. The van der Waals surface area contributed by atoms with E-state index in [0.717, 1.165) is 36.6 Å². The van der Waals surface area contributed by atoms with Crippen LogP contribution in [0.4, 0.5) is 5.69 Å². The van der Waals surface area contributed by atoms with Gasteiger partial charge < -0.3 is 14.6 Å². The second kappa shape index (κ2) is 7.36. The third-order valence-corrected chi connectivity index (χ3v) is 6.51. The van der Waals surface area contributed by atoms with Gasteiger partial charge in [0.05, 0.1) is 10.9 Å². The van der Waals surface area contributed by atoms with E-state index in [0.29, 0.717) is 29.1 Å². The summed E-state index contributed by atoms with van der Waals surface area (Å²) in [6.07, 6.45) is 5.37. The van der Waals surface area contributed by atoms with E-state index in [1.54, 1.807) is 0 Å². The quantitative estimate of drug-likeness (QED) is 0.426. The van der Waals surface area contributed by atoms with Crippen LogP contribution in [0.5, 0.6) is 0 Å². The molecule has 0 bridgehead atoms. The molecule has 0 amide bonds. The molecule has 2 heterocycles. The van der Waals surface area contributed by atoms with E-state index in [1.807, 2.05) is 16.8 Å². The number of aromatic nitrogens is 2. The third-order valence-electron chi connectivity index (χ3n) is 4.61. The smallest absolute Gasteiger partial charge is 0.147 e. The molecule has 1 N–H and O–H groups in total. The Hall–Kier alpha value is -1.55. The summed E-state index contributed by atoms with van der Waals surface area (Å²) in [7, 11) is -1.12. The van der Waals surface area contributed by atoms with Crippen LogP contribution in [0, 0.1) is 11.3 Å². The minimum absolute atomic E-state index is 0.388. The van der Waals surface area contributed by atoms with Crippen LogP contribution in [0.3, 0.4) is 0 Å². The average molecular weight is 377 g/mol. The van der Waals surface area contributed by atoms with Gasteiger partial charge >= 0.3 is 0 Å². The molecule has 25 heavy (non-hydrogen) atoms. The predicted molar refractivity (Wildman–Crippen MR) is 105 cm³/mol. The van der Waals surface area contributed by atoms with E-state index < -0.39 is 8.07 Å². The van der Waals surface area contributed by atoms with Crippen LogP contribution in [-0.2, 0) is 11.5 Å². The minimum atomic E-state index is -1.12. The summed E-state index contributed by atoms with van der Waals surface area (Å²) in [5, 5.41) is 14.3. The molecule has 1 saturated carbocycles. The maximum Gasteiger partial charge on any atom is 0.147 e. The molecule has 3 rings (SSSR count). The van der Waals surface area contributed by atoms with E-state index >= 15 is 0 Å². The Bertz CT molecular complexity index is 802. The molecule has 0 aliphatic heterocycles. The van der Waals surface area contributed by atoms with Gasteiger partial charge in [-0.05, 0) is 31.4 Å². The normalized spacial score (nSPS) is 15.2. The van der Waals surface area contributed by atoms with Crippen molar-refractivity contribution in [2.75, 3.05) is 11.9 Å². The molecule has 1 aliphatic carbocycles. The lowest BCUT2D eigenvalue weighted by Crippen LogP contribution is -2.27. The maximum atomic E-state index is 9.54. The number of rotatable bonds is 7. The molecule has 5 nitrogen and oxygen atoms in total. The molecule has 1 fully saturated rings. The van der Waals surface area contributed by atoms with Crippen molar-refractivity contribution < 1.29 is 4.74 Å². The second-order valence-corrected chi connectivity index (χ2v) is 13.9. The molecule has 7 heteroatoms. The molecule has 2 aromatic heterocycles. The number of ether oxygens (including phenoxy) is 1. The summed E-state index contributed by atoms with van der Waals surface area (Å²) in [5.74, 6) is 0. The van der Waals surface area contributed by atoms with Crippen molar-refractivity contribution in [2.24, 2.45) is 0 Å². The Kier molecular flexibility index (Phi) is 5.37. The standard InChI is InChI=1S/C18H25ClN4OSi/c1-25(2,3)8-7-24-12-23-11-13(10-20)17-15(21-14-5-4-6-14)9-16(19)22-18(17)23/h9,11,14H,4-8,12H2,1-3H3,(H,21,22). The van der Waals surface area contributed by atoms with Crippen molar-refractivity contribution in [3.63, 3.8) is 0 Å². The second-order valence-electron chi connectivity index (χ2n) is 7.94. The topological polar surface area (TPSA) is 62.9 Å². The molecular formula is C18H25ClN4OSi. The Morgan fingerprint density at radius 1 is 1.44 bits per heavy atom. The first kappa shape index (κ1) is 18.2. The van der Waals surface area contributed by atoms with Crippen LogP contribution in [0.25, 0.3) is 11.0 Å². The zero-order valence-electron chi connectivity index (χ0n) is 15.1. The van der Waals surface area contributed by atoms with Gasteiger partial charge in [-0.2, -0.15) is 5.26 Å². The van der Waals surface area contributed by atoms with Crippen molar-refractivity contribution in [1.29, 1.82) is 5.26 Å². The van der Waals surface area contributed by atoms with Crippen molar-refractivity contribution in [3.8, 4) is 6.07 Å². The van der Waals surface area contributed by atoms with Crippen molar-refractivity contribution in [3.05, 3.63) is 23.0 Å². The summed E-state index contributed by atoms with van der Waals surface area (Å²) >= 11 is 6.23. The highest BCUT2D eigenvalue weighted by Gasteiger charge is 2.21. The first-order valence-electron chi connectivity index (χ1n) is 8.81. The highest BCUT2D eigenvalue weighted by atomic mass is 35.5. The van der Waals surface area contributed by atoms with Crippen molar-refractivity contribution in [2.45, 2.75) is 57.7 Å². The zero-order chi connectivity index (χ0) is 18.0. The first-order valence-corrected chi connectivity index (χ1v) is 12.9. The SMILES string of the molecule is C[Si](C)(C)CCOCn1cc(C#N)c2c(NC3CCC3)cc(Cl)nc21. The molecule has 0 saturated heterocycles. The highest BCUT2D eigenvalue weighted by Crippen LogP contribution is 2.33. The van der Waals surface area contributed by atoms with Gasteiger partial charge in [0.1, 0.15) is 23.6 Å². The lowest BCUT2D eigenvalue weighted by molar-refractivity contribution is 0.0898. The van der Waals surface area contributed by atoms with E-state index in [1.165, 1.54) is 6.42 Å². The summed E-state index contributed by atoms with van der Waals surface area (Å²) < 4.78 is 7.72. The van der Waals surface area contributed by atoms with E-state index in [9.17, 15) is 5.26 Å². The third kappa shape index (κ3) is 4.35. The molecule has 1 aliphatic rings. The molecule has 134 valence electrons. The molecule has 0 atom stereocenters. The summed E-state index contributed by atoms with van der Waals surface area (Å²) in [6, 6.07) is 5.67. The number of halogens is 1. The van der Waals surface area contributed by atoms with Gasteiger partial charge in [-0.25, -0.2) is 4.98 Å². The number of nitrogens with one attached hydrogen (secondary N) is 1. The maximum absolute atomic E-state index is 9.54. The Labute approximate surface area is 155 Å². The number of hydrogen-bond donors (Lipinski definition) is 1. The number of hydrogen-bond acceptors (Lipinski definition) is 4. The number of anilines is 1. The van der Waals surface area contributed by atoms with Gasteiger partial charge in [0.25, 0.3) is 0 Å². The van der Waals surface area contributed by atoms with E-state index in [-0.39, 0.29) is 0 Å². The van der Waals surface area contributed by atoms with Gasteiger partial charge in [-0.3, -0.25) is 0 Å². The van der Waals surface area contributed by atoms with E-state index in [4.69, 9.17) is 16.3 Å². The van der Waals surface area contributed by atoms with Crippen LogP contribution >= 0.6 is 11.6 Å². The van der Waals surface area contributed by atoms with Gasteiger partial charge in [0.15, 0.2) is 0 Å². The molecule has 0 radical (unpaired) electrons. The van der Waals surface area contributed by atoms with Crippen molar-refractivity contribution >= 4 is 36.4 Å². The monoisotopic (exact) mass is 376 g/mol. The Morgan fingerprint density at radius 3 is 2.80 bits per heavy atom. The summed E-state index contributed by atoms with van der Waals surface area (Å²) in [6.45, 7) is 8.10. The highest BCUT2D eigenvalue weighted by molar-refractivity contribution is 6.76. The number of fused-ring (bicyclic) bond motifs is 1. The van der Waals surface area contributed by atoms with Gasteiger partial charge in [0.2, 0.25) is 0 Å². The zero-order valence-corrected chi connectivity index (χ0v) is 16.9. The van der Waals surface area contributed by atoms with E-state index in [2.05, 4.69) is 36.0 Å². The summed E-state index contributed by atoms with van der Waals surface area (Å²) in [5.41, 5.74) is 2.21. The average Bonchev–Trinajstić information content (AvgIpc) is 2.84. The van der Waals surface area contributed by atoms with Crippen molar-refractivity contribution in [1.82, 2.24) is 9.55 Å². The van der Waals surface area contributed by atoms with Crippen LogP contribution in [0.2, 0.25) is 30.8 Å². The van der Waals surface area contributed by atoms with Crippen LogP contribution < -0.4 is 5.32 Å². The van der Waals surface area contributed by atoms with Crippen LogP contribution in [-0.4, -0.2) is 30.3 Å². The Morgan fingerprint density at radius 2 is 2.20 bits per heavy atom. The number of nitrogens with zero attached hydrogens (tertiary/aromatic N) is 3. The lowest BCUT2D eigenvalue weighted by Gasteiger charge is -2.28. The van der Waals surface area contributed by atoms with Crippen LogP contribution in [0.1, 0.15) is 24.8 Å². The Balaban J connectivity index is 1.85. The predicted octanol–water partition coefficient (Wildman–Crippen LogP) is 4.84. The minimum Gasteiger partial charge on any atom is -0.382 e. The first-order chi connectivity index (χ1) is 11.9. The fourth-order valence-corrected chi connectivity index (χ4v) is 3.81. The fraction of sp³-hybridized carbons (Fsp3) is 0.556. The van der Waals surface area contributed by atoms with Gasteiger partial charge in [0, 0.05) is 32.6 Å². The number of nitriles is 1.